The van der Waals surface area contributed by atoms with Crippen LogP contribution in [0.1, 0.15) is 5.56 Å². The maximum atomic E-state index is 12.2. The number of benzene rings is 1. The van der Waals surface area contributed by atoms with Crippen molar-refractivity contribution in [3.63, 3.8) is 0 Å². The van der Waals surface area contributed by atoms with Gasteiger partial charge in [0.15, 0.2) is 5.82 Å². The van der Waals surface area contributed by atoms with Crippen molar-refractivity contribution in [1.29, 1.82) is 0 Å². The van der Waals surface area contributed by atoms with E-state index >= 15 is 0 Å². The van der Waals surface area contributed by atoms with E-state index in [1.807, 2.05) is 0 Å². The molecular weight excluding hydrogens is 264 g/mol. The number of rotatable bonds is 3. The van der Waals surface area contributed by atoms with Gasteiger partial charge in [-0.05, 0) is 30.2 Å². The molecule has 1 aliphatic rings. The van der Waals surface area contributed by atoms with E-state index in [1.54, 1.807) is 18.2 Å². The largest absolute Gasteiger partial charge is 0.384 e. The van der Waals surface area contributed by atoms with Crippen LogP contribution in [0.15, 0.2) is 41.7 Å². The first-order chi connectivity index (χ1) is 9.15. The van der Waals surface area contributed by atoms with E-state index in [1.165, 1.54) is 18.6 Å². The zero-order valence-corrected chi connectivity index (χ0v) is 10.8. The fourth-order valence-electron chi connectivity index (χ4n) is 2.00. The molecule has 0 bridgehead atoms. The Kier molecular flexibility index (Phi) is 2.83. The van der Waals surface area contributed by atoms with E-state index < -0.39 is 10.0 Å². The van der Waals surface area contributed by atoms with E-state index in [0.29, 0.717) is 0 Å². The SMILES string of the molecule is O=S(=O)(Nc1cnccn1)c1ccc2c(c1)CCN2. The fourth-order valence-corrected chi connectivity index (χ4v) is 3.04. The molecule has 0 aliphatic carbocycles. The van der Waals surface area contributed by atoms with E-state index in [-0.39, 0.29) is 10.7 Å². The van der Waals surface area contributed by atoms with E-state index in [2.05, 4.69) is 20.0 Å². The van der Waals surface area contributed by atoms with Gasteiger partial charge >= 0.3 is 0 Å². The number of fused-ring (bicyclic) bond motifs is 1. The second kappa shape index (κ2) is 4.51. The number of hydrogen-bond donors (Lipinski definition) is 2. The number of anilines is 2. The Hall–Kier alpha value is -2.15. The van der Waals surface area contributed by atoms with Crippen LogP contribution in [0.5, 0.6) is 0 Å². The van der Waals surface area contributed by atoms with Crippen LogP contribution >= 0.6 is 0 Å². The molecule has 6 nitrogen and oxygen atoms in total. The quantitative estimate of drug-likeness (QED) is 0.881. The minimum Gasteiger partial charge on any atom is -0.384 e. The van der Waals surface area contributed by atoms with Gasteiger partial charge in [0, 0.05) is 24.6 Å². The lowest BCUT2D eigenvalue weighted by Gasteiger charge is -2.08. The van der Waals surface area contributed by atoms with Crippen molar-refractivity contribution >= 4 is 21.5 Å². The van der Waals surface area contributed by atoms with Gasteiger partial charge in [-0.2, -0.15) is 0 Å². The van der Waals surface area contributed by atoms with Crippen molar-refractivity contribution in [1.82, 2.24) is 9.97 Å². The second-order valence-corrected chi connectivity index (χ2v) is 5.87. The molecule has 0 amide bonds. The number of nitrogens with one attached hydrogen (secondary N) is 2. The third-order valence-electron chi connectivity index (χ3n) is 2.90. The van der Waals surface area contributed by atoms with E-state index in [9.17, 15) is 8.42 Å². The van der Waals surface area contributed by atoms with Crippen molar-refractivity contribution < 1.29 is 8.42 Å². The molecule has 0 unspecified atom stereocenters. The number of nitrogens with zero attached hydrogens (tertiary/aromatic N) is 2. The first-order valence-corrected chi connectivity index (χ1v) is 7.29. The fraction of sp³-hybridized carbons (Fsp3) is 0.167. The molecular formula is C12H12N4O2S. The van der Waals surface area contributed by atoms with Gasteiger partial charge < -0.3 is 5.32 Å². The summed E-state index contributed by atoms with van der Waals surface area (Å²) in [7, 11) is -3.62. The molecule has 0 saturated heterocycles. The first kappa shape index (κ1) is 11.9. The van der Waals surface area contributed by atoms with Crippen LogP contribution in [0.4, 0.5) is 11.5 Å². The molecule has 19 heavy (non-hydrogen) atoms. The van der Waals surface area contributed by atoms with Crippen molar-refractivity contribution in [2.45, 2.75) is 11.3 Å². The van der Waals surface area contributed by atoms with Crippen LogP contribution in [0.3, 0.4) is 0 Å². The summed E-state index contributed by atoms with van der Waals surface area (Å²) >= 11 is 0. The van der Waals surface area contributed by atoms with Crippen molar-refractivity contribution in [3.8, 4) is 0 Å². The molecule has 98 valence electrons. The zero-order valence-electron chi connectivity index (χ0n) is 10.00. The number of aromatic nitrogens is 2. The van der Waals surface area contributed by atoms with Gasteiger partial charge in [-0.3, -0.25) is 9.71 Å². The van der Waals surface area contributed by atoms with Gasteiger partial charge in [0.2, 0.25) is 0 Å². The highest BCUT2D eigenvalue weighted by Gasteiger charge is 2.18. The Balaban J connectivity index is 1.92. The molecule has 2 aromatic rings. The summed E-state index contributed by atoms with van der Waals surface area (Å²) in [5.41, 5.74) is 2.01. The summed E-state index contributed by atoms with van der Waals surface area (Å²) in [4.78, 5) is 7.95. The predicted octanol–water partition coefficient (Wildman–Crippen LogP) is 1.25. The zero-order chi connectivity index (χ0) is 13.3. The molecule has 2 N–H and O–H groups in total. The first-order valence-electron chi connectivity index (χ1n) is 5.81. The van der Waals surface area contributed by atoms with Crippen LogP contribution in [-0.4, -0.2) is 24.9 Å². The lowest BCUT2D eigenvalue weighted by molar-refractivity contribution is 0.601. The third-order valence-corrected chi connectivity index (χ3v) is 4.25. The molecule has 0 radical (unpaired) electrons. The summed E-state index contributed by atoms with van der Waals surface area (Å²) < 4.78 is 26.8. The molecule has 0 saturated carbocycles. The lowest BCUT2D eigenvalue weighted by Crippen LogP contribution is -2.14. The van der Waals surface area contributed by atoms with Crippen molar-refractivity contribution in [2.24, 2.45) is 0 Å². The van der Waals surface area contributed by atoms with Gasteiger partial charge in [0.25, 0.3) is 10.0 Å². The van der Waals surface area contributed by atoms with Crippen molar-refractivity contribution in [3.05, 3.63) is 42.4 Å². The summed E-state index contributed by atoms with van der Waals surface area (Å²) in [6, 6.07) is 5.05. The summed E-state index contributed by atoms with van der Waals surface area (Å²) in [6.07, 6.45) is 5.12. The minimum atomic E-state index is -3.62. The Morgan fingerprint density at radius 3 is 2.95 bits per heavy atom. The molecule has 2 heterocycles. The highest BCUT2D eigenvalue weighted by atomic mass is 32.2. The van der Waals surface area contributed by atoms with Gasteiger partial charge in [0.05, 0.1) is 11.1 Å². The molecule has 0 fully saturated rings. The number of hydrogen-bond acceptors (Lipinski definition) is 5. The minimum absolute atomic E-state index is 0.209. The lowest BCUT2D eigenvalue weighted by atomic mass is 10.2. The molecule has 1 aromatic heterocycles. The Bertz CT molecular complexity index is 701. The monoisotopic (exact) mass is 276 g/mol. The van der Waals surface area contributed by atoms with Gasteiger partial charge in [-0.15, -0.1) is 0 Å². The molecule has 7 heteroatoms. The molecule has 1 aliphatic heterocycles. The van der Waals surface area contributed by atoms with Gasteiger partial charge in [-0.25, -0.2) is 13.4 Å². The Morgan fingerprint density at radius 2 is 2.16 bits per heavy atom. The maximum Gasteiger partial charge on any atom is 0.263 e. The Morgan fingerprint density at radius 1 is 1.26 bits per heavy atom. The standard InChI is InChI=1S/C12H12N4O2S/c17-19(18,16-12-8-13-5-6-15-12)10-1-2-11-9(7-10)3-4-14-11/h1-2,5-8,14H,3-4H2,(H,15,16). The highest BCUT2D eigenvalue weighted by molar-refractivity contribution is 7.92. The molecule has 1 aromatic carbocycles. The summed E-state index contributed by atoms with van der Waals surface area (Å²) in [5, 5.41) is 3.19. The van der Waals surface area contributed by atoms with Crippen LogP contribution in [0, 0.1) is 0 Å². The number of sulfonamides is 1. The normalized spacial score (nSPS) is 13.7. The van der Waals surface area contributed by atoms with E-state index in [4.69, 9.17) is 0 Å². The highest BCUT2D eigenvalue weighted by Crippen LogP contribution is 2.25. The van der Waals surface area contributed by atoms with Crippen LogP contribution in [0.25, 0.3) is 0 Å². The van der Waals surface area contributed by atoms with Gasteiger partial charge in [0.1, 0.15) is 0 Å². The summed E-state index contributed by atoms with van der Waals surface area (Å²) in [5.74, 6) is 0.209. The maximum absolute atomic E-state index is 12.2. The van der Waals surface area contributed by atoms with Crippen LogP contribution in [0.2, 0.25) is 0 Å². The third kappa shape index (κ3) is 2.37. The predicted molar refractivity (Wildman–Crippen MR) is 71.5 cm³/mol. The van der Waals surface area contributed by atoms with E-state index in [0.717, 1.165) is 24.2 Å². The molecule has 0 spiro atoms. The second-order valence-electron chi connectivity index (χ2n) is 4.19. The summed E-state index contributed by atoms with van der Waals surface area (Å²) in [6.45, 7) is 0.844. The van der Waals surface area contributed by atoms with Gasteiger partial charge in [-0.1, -0.05) is 0 Å². The van der Waals surface area contributed by atoms with Crippen LogP contribution < -0.4 is 10.0 Å². The Labute approximate surface area is 111 Å². The van der Waals surface area contributed by atoms with Crippen molar-refractivity contribution in [2.75, 3.05) is 16.6 Å². The average molecular weight is 276 g/mol. The smallest absolute Gasteiger partial charge is 0.263 e. The average Bonchev–Trinajstić information content (AvgIpc) is 2.86. The van der Waals surface area contributed by atoms with Crippen LogP contribution in [-0.2, 0) is 16.4 Å². The molecule has 0 atom stereocenters. The molecule has 3 rings (SSSR count). The topological polar surface area (TPSA) is 84.0 Å².